The van der Waals surface area contributed by atoms with E-state index < -0.39 is 18.0 Å². The number of nitrogens with one attached hydrogen (secondary N) is 1. The van der Waals surface area contributed by atoms with Crippen molar-refractivity contribution in [1.29, 1.82) is 0 Å². The van der Waals surface area contributed by atoms with Gasteiger partial charge in [0.25, 0.3) is 0 Å². The van der Waals surface area contributed by atoms with Crippen LogP contribution < -0.4 is 5.48 Å². The van der Waals surface area contributed by atoms with Crippen LogP contribution in [0.5, 0.6) is 0 Å². The smallest absolute Gasteiger partial charge is 0.379 e. The highest BCUT2D eigenvalue weighted by atomic mass is 19.4. The molecule has 24 heavy (non-hydrogen) atoms. The molecule has 0 atom stereocenters. The van der Waals surface area contributed by atoms with Crippen LogP contribution in [-0.4, -0.2) is 80.3 Å². The van der Waals surface area contributed by atoms with E-state index >= 15 is 0 Å². The Hall–Kier alpha value is -1.39. The van der Waals surface area contributed by atoms with Gasteiger partial charge in [0.1, 0.15) is 0 Å². The van der Waals surface area contributed by atoms with E-state index in [2.05, 4.69) is 10.4 Å². The van der Waals surface area contributed by atoms with Gasteiger partial charge in [0.2, 0.25) is 5.91 Å². The van der Waals surface area contributed by atoms with E-state index in [1.807, 2.05) is 0 Å². The fraction of sp³-hybridized carbons (Fsp3) is 0.857. The molecule has 2 fully saturated rings. The monoisotopic (exact) mass is 353 g/mol. The molecule has 2 heterocycles. The standard InChI is InChI=1S/C14H22F3N3O4/c15-14(16,17)13(22)20-3-1-11(2-4-20)12(21)18-24-10-7-19-5-8-23-9-6-19/h11H,1-10H2,(H,18,21). The highest BCUT2D eigenvalue weighted by Gasteiger charge is 2.43. The molecule has 0 spiro atoms. The third-order valence-electron chi connectivity index (χ3n) is 4.18. The first-order chi connectivity index (χ1) is 11.4. The Morgan fingerprint density at radius 1 is 1.12 bits per heavy atom. The number of hydroxylamine groups is 1. The average molecular weight is 353 g/mol. The number of nitrogens with zero attached hydrogens (tertiary/aromatic N) is 2. The highest BCUT2D eigenvalue weighted by Crippen LogP contribution is 2.23. The molecule has 2 amide bonds. The van der Waals surface area contributed by atoms with Crippen LogP contribution in [0.3, 0.4) is 0 Å². The number of carbonyl (C=O) groups is 2. The first-order valence-electron chi connectivity index (χ1n) is 7.96. The summed E-state index contributed by atoms with van der Waals surface area (Å²) in [6.07, 6.45) is -4.47. The number of carbonyl (C=O) groups excluding carboxylic acids is 2. The Morgan fingerprint density at radius 3 is 2.33 bits per heavy atom. The van der Waals surface area contributed by atoms with Gasteiger partial charge in [0, 0.05) is 38.6 Å². The molecule has 0 bridgehead atoms. The van der Waals surface area contributed by atoms with Crippen molar-refractivity contribution in [3.63, 3.8) is 0 Å². The van der Waals surface area contributed by atoms with Crippen LogP contribution in [0.25, 0.3) is 0 Å². The quantitative estimate of drug-likeness (QED) is 0.564. The van der Waals surface area contributed by atoms with Crippen LogP contribution >= 0.6 is 0 Å². The molecule has 0 saturated carbocycles. The molecule has 2 aliphatic heterocycles. The van der Waals surface area contributed by atoms with Gasteiger partial charge in [0.15, 0.2) is 0 Å². The molecule has 138 valence electrons. The normalized spacial score (nSPS) is 20.9. The van der Waals surface area contributed by atoms with Gasteiger partial charge in [-0.05, 0) is 12.8 Å². The number of morpholine rings is 1. The van der Waals surface area contributed by atoms with Crippen LogP contribution in [0.1, 0.15) is 12.8 Å². The number of hydrogen-bond donors (Lipinski definition) is 1. The lowest BCUT2D eigenvalue weighted by Gasteiger charge is -2.31. The predicted molar refractivity (Wildman–Crippen MR) is 76.7 cm³/mol. The maximum atomic E-state index is 12.3. The summed E-state index contributed by atoms with van der Waals surface area (Å²) in [5.41, 5.74) is 2.34. The Balaban J connectivity index is 1.61. The first kappa shape index (κ1) is 18.9. The number of rotatable bonds is 5. The Morgan fingerprint density at radius 2 is 1.75 bits per heavy atom. The number of halogens is 3. The second-order valence-corrected chi connectivity index (χ2v) is 5.83. The molecule has 0 unspecified atom stereocenters. The summed E-state index contributed by atoms with van der Waals surface area (Å²) < 4.78 is 42.3. The van der Waals surface area contributed by atoms with Crippen molar-refractivity contribution < 1.29 is 32.3 Å². The lowest BCUT2D eigenvalue weighted by molar-refractivity contribution is -0.187. The summed E-state index contributed by atoms with van der Waals surface area (Å²) in [5.74, 6) is -2.63. The van der Waals surface area contributed by atoms with Crippen molar-refractivity contribution >= 4 is 11.8 Å². The SMILES string of the molecule is O=C(NOCCN1CCOCC1)C1CCN(C(=O)C(F)(F)F)CC1. The van der Waals surface area contributed by atoms with E-state index in [1.54, 1.807) is 0 Å². The van der Waals surface area contributed by atoms with E-state index in [0.29, 0.717) is 26.4 Å². The molecule has 0 radical (unpaired) electrons. The van der Waals surface area contributed by atoms with Crippen LogP contribution in [0.4, 0.5) is 13.2 Å². The van der Waals surface area contributed by atoms with Gasteiger partial charge in [-0.15, -0.1) is 0 Å². The van der Waals surface area contributed by atoms with E-state index in [4.69, 9.17) is 9.57 Å². The minimum absolute atomic E-state index is 0.0792. The van der Waals surface area contributed by atoms with E-state index in [9.17, 15) is 22.8 Å². The number of hydrogen-bond acceptors (Lipinski definition) is 5. The molecule has 0 aromatic heterocycles. The van der Waals surface area contributed by atoms with Crippen molar-refractivity contribution in [3.8, 4) is 0 Å². The van der Waals surface area contributed by atoms with Gasteiger partial charge in [-0.25, -0.2) is 5.48 Å². The Kier molecular flexibility index (Phi) is 6.81. The van der Waals surface area contributed by atoms with Crippen LogP contribution in [0.15, 0.2) is 0 Å². The highest BCUT2D eigenvalue weighted by molar-refractivity contribution is 5.82. The number of piperidine rings is 1. The third kappa shape index (κ3) is 5.60. The fourth-order valence-electron chi connectivity index (χ4n) is 2.73. The number of amides is 2. The van der Waals surface area contributed by atoms with Gasteiger partial charge in [-0.2, -0.15) is 13.2 Å². The van der Waals surface area contributed by atoms with E-state index in [0.717, 1.165) is 18.0 Å². The minimum Gasteiger partial charge on any atom is -0.379 e. The summed E-state index contributed by atoms with van der Waals surface area (Å²) >= 11 is 0. The van der Waals surface area contributed by atoms with Gasteiger partial charge in [0.05, 0.1) is 19.8 Å². The van der Waals surface area contributed by atoms with Crippen molar-refractivity contribution in [3.05, 3.63) is 0 Å². The molecular formula is C14H22F3N3O4. The van der Waals surface area contributed by atoms with Crippen molar-refractivity contribution in [2.75, 3.05) is 52.5 Å². The average Bonchev–Trinajstić information content (AvgIpc) is 2.58. The second-order valence-electron chi connectivity index (χ2n) is 5.83. The van der Waals surface area contributed by atoms with Gasteiger partial charge >= 0.3 is 12.1 Å². The topological polar surface area (TPSA) is 71.1 Å². The lowest BCUT2D eigenvalue weighted by atomic mass is 9.96. The number of alkyl halides is 3. The Labute approximate surface area is 138 Å². The van der Waals surface area contributed by atoms with Gasteiger partial charge in [-0.1, -0.05) is 0 Å². The summed E-state index contributed by atoms with van der Waals surface area (Å²) in [6.45, 7) is 3.85. The van der Waals surface area contributed by atoms with Crippen molar-refractivity contribution in [2.24, 2.45) is 5.92 Å². The molecule has 1 N–H and O–H groups in total. The molecule has 10 heteroatoms. The molecule has 7 nitrogen and oxygen atoms in total. The first-order valence-corrected chi connectivity index (χ1v) is 7.96. The lowest BCUT2D eigenvalue weighted by Crippen LogP contribution is -2.47. The molecule has 0 aliphatic carbocycles. The zero-order chi connectivity index (χ0) is 17.6. The summed E-state index contributed by atoms with van der Waals surface area (Å²) in [6, 6.07) is 0. The maximum absolute atomic E-state index is 12.3. The number of likely N-dealkylation sites (tertiary alicyclic amines) is 1. The van der Waals surface area contributed by atoms with E-state index in [-0.39, 0.29) is 31.8 Å². The largest absolute Gasteiger partial charge is 0.471 e. The Bertz CT molecular complexity index is 433. The molecule has 2 saturated heterocycles. The summed E-state index contributed by atoms with van der Waals surface area (Å²) in [4.78, 5) is 31.1. The summed E-state index contributed by atoms with van der Waals surface area (Å²) in [7, 11) is 0. The summed E-state index contributed by atoms with van der Waals surface area (Å²) in [5, 5.41) is 0. The third-order valence-corrected chi connectivity index (χ3v) is 4.18. The fourth-order valence-corrected chi connectivity index (χ4v) is 2.73. The minimum atomic E-state index is -4.86. The molecule has 0 aromatic carbocycles. The van der Waals surface area contributed by atoms with Crippen molar-refractivity contribution in [2.45, 2.75) is 19.0 Å². The molecule has 2 aliphatic rings. The van der Waals surface area contributed by atoms with Crippen molar-refractivity contribution in [1.82, 2.24) is 15.3 Å². The molecule has 0 aromatic rings. The molecule has 2 rings (SSSR count). The van der Waals surface area contributed by atoms with Crippen LogP contribution in [0.2, 0.25) is 0 Å². The van der Waals surface area contributed by atoms with Gasteiger partial charge < -0.3 is 9.64 Å². The zero-order valence-electron chi connectivity index (χ0n) is 13.3. The van der Waals surface area contributed by atoms with E-state index in [1.165, 1.54) is 0 Å². The van der Waals surface area contributed by atoms with Crippen LogP contribution in [-0.2, 0) is 19.2 Å². The number of ether oxygens (including phenoxy) is 1. The maximum Gasteiger partial charge on any atom is 0.471 e. The second kappa shape index (κ2) is 8.63. The van der Waals surface area contributed by atoms with Crippen LogP contribution in [0, 0.1) is 5.92 Å². The predicted octanol–water partition coefficient (Wildman–Crippen LogP) is 0.167. The zero-order valence-corrected chi connectivity index (χ0v) is 13.3. The van der Waals surface area contributed by atoms with Gasteiger partial charge in [-0.3, -0.25) is 19.3 Å². The molecular weight excluding hydrogens is 331 g/mol.